The zero-order valence-corrected chi connectivity index (χ0v) is 12.6. The van der Waals surface area contributed by atoms with Crippen molar-refractivity contribution in [1.29, 1.82) is 0 Å². The molecule has 1 saturated carbocycles. The van der Waals surface area contributed by atoms with Crippen LogP contribution in [0.5, 0.6) is 0 Å². The van der Waals surface area contributed by atoms with Crippen LogP contribution in [0.15, 0.2) is 18.2 Å². The van der Waals surface area contributed by atoms with Gasteiger partial charge in [-0.15, -0.1) is 0 Å². The molecule has 1 fully saturated rings. The van der Waals surface area contributed by atoms with E-state index in [2.05, 4.69) is 0 Å². The van der Waals surface area contributed by atoms with E-state index in [9.17, 15) is 4.79 Å². The number of nitrogens with two attached hydrogens (primary N) is 1. The largest absolute Gasteiger partial charge is 0.340 e. The first-order valence-corrected chi connectivity index (χ1v) is 7.07. The standard InChI is InChI=1S/C14H18Cl2N2O/c1-14(17,10-6-7-10)13(19)18(2)8-9-4-3-5-11(15)12(9)16/h3-5,10H,6-8,17H2,1-2H3. The minimum atomic E-state index is -0.778. The molecular weight excluding hydrogens is 283 g/mol. The summed E-state index contributed by atoms with van der Waals surface area (Å²) < 4.78 is 0. The maximum Gasteiger partial charge on any atom is 0.242 e. The summed E-state index contributed by atoms with van der Waals surface area (Å²) in [6.45, 7) is 2.22. The molecule has 1 aliphatic rings. The normalized spacial score (nSPS) is 17.9. The Morgan fingerprint density at radius 1 is 1.47 bits per heavy atom. The van der Waals surface area contributed by atoms with Crippen LogP contribution in [-0.2, 0) is 11.3 Å². The average molecular weight is 301 g/mol. The van der Waals surface area contributed by atoms with Gasteiger partial charge in [-0.05, 0) is 37.3 Å². The minimum Gasteiger partial charge on any atom is -0.340 e. The Labute approximate surface area is 123 Å². The van der Waals surface area contributed by atoms with Crippen molar-refractivity contribution in [3.8, 4) is 0 Å². The monoisotopic (exact) mass is 300 g/mol. The molecule has 5 heteroatoms. The molecule has 0 saturated heterocycles. The van der Waals surface area contributed by atoms with Gasteiger partial charge in [-0.25, -0.2) is 0 Å². The summed E-state index contributed by atoms with van der Waals surface area (Å²) in [4.78, 5) is 14.0. The van der Waals surface area contributed by atoms with Crippen molar-refractivity contribution in [2.75, 3.05) is 7.05 Å². The number of rotatable bonds is 4. The first kappa shape index (κ1) is 14.6. The van der Waals surface area contributed by atoms with Gasteiger partial charge in [0, 0.05) is 13.6 Å². The number of amides is 1. The van der Waals surface area contributed by atoms with E-state index < -0.39 is 5.54 Å². The summed E-state index contributed by atoms with van der Waals surface area (Å²) in [5, 5.41) is 0.992. The molecule has 2 N–H and O–H groups in total. The zero-order chi connectivity index (χ0) is 14.2. The molecule has 2 rings (SSSR count). The van der Waals surface area contributed by atoms with E-state index in [1.54, 1.807) is 18.0 Å². The third-order valence-electron chi connectivity index (χ3n) is 3.67. The van der Waals surface area contributed by atoms with E-state index in [-0.39, 0.29) is 5.91 Å². The van der Waals surface area contributed by atoms with Gasteiger partial charge in [-0.3, -0.25) is 4.79 Å². The quantitative estimate of drug-likeness (QED) is 0.929. The molecule has 1 aromatic carbocycles. The van der Waals surface area contributed by atoms with Crippen molar-refractivity contribution in [2.45, 2.75) is 31.8 Å². The maximum atomic E-state index is 12.4. The van der Waals surface area contributed by atoms with Crippen LogP contribution in [0.3, 0.4) is 0 Å². The van der Waals surface area contributed by atoms with Crippen molar-refractivity contribution < 1.29 is 4.79 Å². The summed E-state index contributed by atoms with van der Waals surface area (Å²) in [6, 6.07) is 5.42. The zero-order valence-electron chi connectivity index (χ0n) is 11.1. The fraction of sp³-hybridized carbons (Fsp3) is 0.500. The molecule has 1 aromatic rings. The molecule has 1 amide bonds. The number of halogens is 2. The van der Waals surface area contributed by atoms with Crippen LogP contribution in [0, 0.1) is 5.92 Å². The third kappa shape index (κ3) is 3.04. The van der Waals surface area contributed by atoms with E-state index >= 15 is 0 Å². The van der Waals surface area contributed by atoms with Gasteiger partial charge < -0.3 is 10.6 Å². The fourth-order valence-corrected chi connectivity index (χ4v) is 2.65. The Morgan fingerprint density at radius 3 is 2.68 bits per heavy atom. The first-order chi connectivity index (χ1) is 8.84. The number of carbonyl (C=O) groups excluding carboxylic acids is 1. The average Bonchev–Trinajstić information content (AvgIpc) is 3.18. The molecule has 1 aliphatic carbocycles. The second-order valence-electron chi connectivity index (χ2n) is 5.43. The van der Waals surface area contributed by atoms with Crippen LogP contribution < -0.4 is 5.73 Å². The third-order valence-corrected chi connectivity index (χ3v) is 4.53. The molecule has 1 unspecified atom stereocenters. The summed E-state index contributed by atoms with van der Waals surface area (Å²) in [5.74, 6) is 0.253. The molecule has 0 aliphatic heterocycles. The summed E-state index contributed by atoms with van der Waals surface area (Å²) >= 11 is 12.1. The minimum absolute atomic E-state index is 0.0500. The topological polar surface area (TPSA) is 46.3 Å². The van der Waals surface area contributed by atoms with Gasteiger partial charge in [0.25, 0.3) is 0 Å². The second-order valence-corrected chi connectivity index (χ2v) is 6.22. The summed E-state index contributed by atoms with van der Waals surface area (Å²) in [6.07, 6.45) is 2.06. The molecule has 104 valence electrons. The van der Waals surface area contributed by atoms with Crippen molar-refractivity contribution in [3.63, 3.8) is 0 Å². The molecule has 3 nitrogen and oxygen atoms in total. The Kier molecular flexibility index (Phi) is 4.09. The lowest BCUT2D eigenvalue weighted by molar-refractivity contribution is -0.136. The molecule has 0 spiro atoms. The molecular formula is C14H18Cl2N2O. The lowest BCUT2D eigenvalue weighted by Crippen LogP contribution is -2.53. The highest BCUT2D eigenvalue weighted by Crippen LogP contribution is 2.39. The molecule has 0 radical (unpaired) electrons. The van der Waals surface area contributed by atoms with Gasteiger partial charge in [0.1, 0.15) is 0 Å². The number of carbonyl (C=O) groups is 1. The SMILES string of the molecule is CN(Cc1cccc(Cl)c1Cl)C(=O)C(C)(N)C1CC1. The highest BCUT2D eigenvalue weighted by Gasteiger charge is 2.45. The van der Waals surface area contributed by atoms with Crippen LogP contribution in [0.2, 0.25) is 10.0 Å². The Morgan fingerprint density at radius 2 is 2.11 bits per heavy atom. The highest BCUT2D eigenvalue weighted by molar-refractivity contribution is 6.42. The molecule has 0 bridgehead atoms. The molecule has 19 heavy (non-hydrogen) atoms. The van der Waals surface area contributed by atoms with Crippen LogP contribution >= 0.6 is 23.2 Å². The molecule has 1 atom stereocenters. The maximum absolute atomic E-state index is 12.4. The van der Waals surface area contributed by atoms with Crippen molar-refractivity contribution in [3.05, 3.63) is 33.8 Å². The van der Waals surface area contributed by atoms with Crippen molar-refractivity contribution in [1.82, 2.24) is 4.90 Å². The Hall–Kier alpha value is -0.770. The second kappa shape index (κ2) is 5.31. The number of hydrogen-bond donors (Lipinski definition) is 1. The number of benzene rings is 1. The molecule has 0 aromatic heterocycles. The smallest absolute Gasteiger partial charge is 0.242 e. The number of hydrogen-bond acceptors (Lipinski definition) is 2. The summed E-state index contributed by atoms with van der Waals surface area (Å²) in [5.41, 5.74) is 6.19. The van der Waals surface area contributed by atoms with Crippen LogP contribution in [0.1, 0.15) is 25.3 Å². The van der Waals surface area contributed by atoms with E-state index in [0.717, 1.165) is 18.4 Å². The van der Waals surface area contributed by atoms with Gasteiger partial charge in [-0.1, -0.05) is 35.3 Å². The van der Waals surface area contributed by atoms with Gasteiger partial charge in [0.15, 0.2) is 0 Å². The first-order valence-electron chi connectivity index (χ1n) is 6.31. The molecule has 0 heterocycles. The highest BCUT2D eigenvalue weighted by atomic mass is 35.5. The van der Waals surface area contributed by atoms with Crippen molar-refractivity contribution >= 4 is 29.1 Å². The van der Waals surface area contributed by atoms with E-state index in [4.69, 9.17) is 28.9 Å². The Bertz CT molecular complexity index is 498. The predicted octanol–water partition coefficient (Wildman–Crippen LogP) is 3.08. The fourth-order valence-electron chi connectivity index (χ4n) is 2.27. The summed E-state index contributed by atoms with van der Waals surface area (Å²) in [7, 11) is 1.74. The van der Waals surface area contributed by atoms with E-state index in [1.807, 2.05) is 19.1 Å². The predicted molar refractivity (Wildman–Crippen MR) is 78.3 cm³/mol. The van der Waals surface area contributed by atoms with Gasteiger partial charge in [0.05, 0.1) is 15.6 Å². The van der Waals surface area contributed by atoms with Crippen LogP contribution in [0.4, 0.5) is 0 Å². The van der Waals surface area contributed by atoms with E-state index in [1.165, 1.54) is 0 Å². The van der Waals surface area contributed by atoms with Gasteiger partial charge in [-0.2, -0.15) is 0 Å². The van der Waals surface area contributed by atoms with Crippen molar-refractivity contribution in [2.24, 2.45) is 11.7 Å². The lowest BCUT2D eigenvalue weighted by atomic mass is 9.95. The Balaban J connectivity index is 2.10. The number of nitrogens with zero attached hydrogens (tertiary/aromatic N) is 1. The van der Waals surface area contributed by atoms with E-state index in [0.29, 0.717) is 22.5 Å². The van der Waals surface area contributed by atoms with Gasteiger partial charge in [0.2, 0.25) is 5.91 Å². The lowest BCUT2D eigenvalue weighted by Gasteiger charge is -2.29. The van der Waals surface area contributed by atoms with Crippen LogP contribution in [-0.4, -0.2) is 23.4 Å². The number of likely N-dealkylation sites (N-methyl/N-ethyl adjacent to an activating group) is 1. The van der Waals surface area contributed by atoms with Crippen LogP contribution in [0.25, 0.3) is 0 Å². The van der Waals surface area contributed by atoms with Gasteiger partial charge >= 0.3 is 0 Å².